The fraction of sp³-hybridized carbons (Fsp3) is 0.143. The van der Waals surface area contributed by atoms with Gasteiger partial charge in [0.2, 0.25) is 0 Å². The van der Waals surface area contributed by atoms with Gasteiger partial charge in [0.1, 0.15) is 7.85 Å². The zero-order chi connectivity index (χ0) is 16.5. The molecule has 116 valence electrons. The van der Waals surface area contributed by atoms with Gasteiger partial charge in [0.25, 0.3) is 0 Å². The Morgan fingerprint density at radius 2 is 1.58 bits per heavy atom. The molecule has 3 heteroatoms. The first-order chi connectivity index (χ1) is 11.7. The lowest BCUT2D eigenvalue weighted by Gasteiger charge is -2.10. The summed E-state index contributed by atoms with van der Waals surface area (Å²) in [6, 6.07) is 23.1. The van der Waals surface area contributed by atoms with Gasteiger partial charge in [-0.2, -0.15) is 0 Å². The quantitative estimate of drug-likeness (QED) is 0.564. The van der Waals surface area contributed by atoms with Crippen LogP contribution in [0, 0.1) is 6.92 Å². The summed E-state index contributed by atoms with van der Waals surface area (Å²) in [5.41, 5.74) is 5.73. The third-order valence-corrected chi connectivity index (χ3v) is 4.48. The van der Waals surface area contributed by atoms with Gasteiger partial charge in [0.05, 0.1) is 0 Å². The third-order valence-electron chi connectivity index (χ3n) is 4.48. The Morgan fingerprint density at radius 3 is 2.38 bits per heavy atom. The minimum atomic E-state index is 0.811. The van der Waals surface area contributed by atoms with E-state index in [9.17, 15) is 0 Å². The number of nitrogens with zero attached hydrogens (tertiary/aromatic N) is 1. The molecule has 24 heavy (non-hydrogen) atoms. The molecule has 0 bridgehead atoms. The standard InChI is InChI=1S/C21H19BN2/c1-15-7-9-20-18(13-15)19-14-16(22)8-10-21(19)24(20)12-11-23-17-5-3-2-4-6-17/h2-10,13-14,23H,11-12H2,1H3. The predicted molar refractivity (Wildman–Crippen MR) is 105 cm³/mol. The van der Waals surface area contributed by atoms with Crippen LogP contribution in [0.2, 0.25) is 0 Å². The van der Waals surface area contributed by atoms with Gasteiger partial charge in [-0.25, -0.2) is 0 Å². The molecule has 0 fully saturated rings. The minimum absolute atomic E-state index is 0.811. The Balaban J connectivity index is 1.73. The second kappa shape index (κ2) is 6.08. The van der Waals surface area contributed by atoms with E-state index in [0.717, 1.165) is 24.2 Å². The van der Waals surface area contributed by atoms with Gasteiger partial charge in [-0.3, -0.25) is 0 Å². The van der Waals surface area contributed by atoms with Gasteiger partial charge in [0.15, 0.2) is 0 Å². The van der Waals surface area contributed by atoms with Crippen LogP contribution < -0.4 is 10.8 Å². The largest absolute Gasteiger partial charge is 0.383 e. The first-order valence-corrected chi connectivity index (χ1v) is 8.29. The van der Waals surface area contributed by atoms with Gasteiger partial charge in [0, 0.05) is 40.6 Å². The van der Waals surface area contributed by atoms with Gasteiger partial charge in [-0.1, -0.05) is 47.4 Å². The van der Waals surface area contributed by atoms with Crippen molar-refractivity contribution in [3.63, 3.8) is 0 Å². The highest BCUT2D eigenvalue weighted by atomic mass is 15.0. The molecule has 0 amide bonds. The normalized spacial score (nSPS) is 11.2. The van der Waals surface area contributed by atoms with Crippen molar-refractivity contribution >= 4 is 40.8 Å². The molecular weight excluding hydrogens is 291 g/mol. The van der Waals surface area contributed by atoms with E-state index in [1.807, 2.05) is 24.3 Å². The summed E-state index contributed by atoms with van der Waals surface area (Å²) in [5.74, 6) is 0. The van der Waals surface area contributed by atoms with E-state index in [1.165, 1.54) is 27.4 Å². The fourth-order valence-corrected chi connectivity index (χ4v) is 3.34. The molecule has 2 nitrogen and oxygen atoms in total. The Morgan fingerprint density at radius 1 is 0.875 bits per heavy atom. The smallest absolute Gasteiger partial charge is 0.113 e. The van der Waals surface area contributed by atoms with Crippen LogP contribution in [0.25, 0.3) is 21.8 Å². The van der Waals surface area contributed by atoms with Crippen molar-refractivity contribution in [1.29, 1.82) is 0 Å². The van der Waals surface area contributed by atoms with Gasteiger partial charge < -0.3 is 9.88 Å². The molecule has 3 aromatic carbocycles. The summed E-state index contributed by atoms with van der Waals surface area (Å²) < 4.78 is 2.37. The van der Waals surface area contributed by atoms with E-state index in [1.54, 1.807) is 0 Å². The molecule has 0 spiro atoms. The Labute approximate surface area is 143 Å². The third kappa shape index (κ3) is 2.67. The lowest BCUT2D eigenvalue weighted by Crippen LogP contribution is -2.10. The maximum atomic E-state index is 6.02. The average molecular weight is 310 g/mol. The minimum Gasteiger partial charge on any atom is -0.383 e. The van der Waals surface area contributed by atoms with Gasteiger partial charge in [-0.05, 0) is 37.3 Å². The number of fused-ring (bicyclic) bond motifs is 3. The number of para-hydroxylation sites is 1. The molecule has 4 aromatic rings. The van der Waals surface area contributed by atoms with Crippen molar-refractivity contribution in [3.05, 3.63) is 72.3 Å². The molecule has 0 aliphatic heterocycles. The van der Waals surface area contributed by atoms with Gasteiger partial charge in [-0.15, -0.1) is 0 Å². The Kier molecular flexibility index (Phi) is 3.77. The van der Waals surface area contributed by atoms with Crippen LogP contribution in [0.15, 0.2) is 66.7 Å². The highest BCUT2D eigenvalue weighted by Gasteiger charge is 2.10. The summed E-state index contributed by atoms with van der Waals surface area (Å²) in [7, 11) is 6.02. The number of hydrogen-bond acceptors (Lipinski definition) is 1. The van der Waals surface area contributed by atoms with E-state index in [2.05, 4.69) is 59.3 Å². The molecule has 0 saturated carbocycles. The van der Waals surface area contributed by atoms with E-state index in [0.29, 0.717) is 0 Å². The fourth-order valence-electron chi connectivity index (χ4n) is 3.34. The summed E-state index contributed by atoms with van der Waals surface area (Å²) in [5, 5.41) is 5.99. The van der Waals surface area contributed by atoms with Crippen molar-refractivity contribution < 1.29 is 0 Å². The van der Waals surface area contributed by atoms with Crippen LogP contribution in [-0.2, 0) is 6.54 Å². The first-order valence-electron chi connectivity index (χ1n) is 8.29. The van der Waals surface area contributed by atoms with Crippen molar-refractivity contribution in [2.75, 3.05) is 11.9 Å². The number of aryl methyl sites for hydroxylation is 1. The van der Waals surface area contributed by atoms with Crippen molar-refractivity contribution in [3.8, 4) is 0 Å². The number of anilines is 1. The summed E-state index contributed by atoms with van der Waals surface area (Å²) >= 11 is 0. The highest BCUT2D eigenvalue weighted by Crippen LogP contribution is 2.29. The van der Waals surface area contributed by atoms with Crippen molar-refractivity contribution in [1.82, 2.24) is 4.57 Å². The van der Waals surface area contributed by atoms with Crippen LogP contribution in [0.3, 0.4) is 0 Å². The number of aromatic nitrogens is 1. The highest BCUT2D eigenvalue weighted by molar-refractivity contribution is 6.33. The SMILES string of the molecule is [B]c1ccc2c(c1)c1cc(C)ccc1n2CCNc1ccccc1. The second-order valence-electron chi connectivity index (χ2n) is 6.24. The Bertz CT molecular complexity index is 943. The average Bonchev–Trinajstić information content (AvgIpc) is 2.89. The molecule has 1 aromatic heterocycles. The summed E-state index contributed by atoms with van der Waals surface area (Å²) in [6.45, 7) is 3.91. The van der Waals surface area contributed by atoms with Gasteiger partial charge >= 0.3 is 0 Å². The molecule has 0 atom stereocenters. The lowest BCUT2D eigenvalue weighted by molar-refractivity contribution is 0.782. The van der Waals surface area contributed by atoms with Crippen LogP contribution >= 0.6 is 0 Å². The molecule has 0 aliphatic rings. The molecule has 0 saturated heterocycles. The van der Waals surface area contributed by atoms with Crippen molar-refractivity contribution in [2.24, 2.45) is 0 Å². The number of nitrogens with one attached hydrogen (secondary N) is 1. The molecule has 0 aliphatic carbocycles. The number of benzene rings is 3. The first kappa shape index (κ1) is 14.9. The van der Waals surface area contributed by atoms with E-state index in [4.69, 9.17) is 7.85 Å². The number of hydrogen-bond donors (Lipinski definition) is 1. The predicted octanol–water partition coefficient (Wildman–Crippen LogP) is 4.01. The molecular formula is C21H19BN2. The van der Waals surface area contributed by atoms with E-state index < -0.39 is 0 Å². The Hall–Kier alpha value is -2.68. The molecule has 1 heterocycles. The monoisotopic (exact) mass is 310 g/mol. The molecule has 0 unspecified atom stereocenters. The van der Waals surface area contributed by atoms with E-state index in [-0.39, 0.29) is 0 Å². The lowest BCUT2D eigenvalue weighted by atomic mass is 9.94. The maximum absolute atomic E-state index is 6.02. The number of rotatable bonds is 4. The van der Waals surface area contributed by atoms with Crippen LogP contribution in [0.5, 0.6) is 0 Å². The van der Waals surface area contributed by atoms with Crippen LogP contribution in [0.4, 0.5) is 5.69 Å². The van der Waals surface area contributed by atoms with Crippen LogP contribution in [0.1, 0.15) is 5.56 Å². The molecule has 2 radical (unpaired) electrons. The second-order valence-corrected chi connectivity index (χ2v) is 6.24. The zero-order valence-corrected chi connectivity index (χ0v) is 13.8. The van der Waals surface area contributed by atoms with Crippen LogP contribution in [-0.4, -0.2) is 19.0 Å². The molecule has 4 rings (SSSR count). The summed E-state index contributed by atoms with van der Waals surface area (Å²) in [6.07, 6.45) is 0. The van der Waals surface area contributed by atoms with E-state index >= 15 is 0 Å². The maximum Gasteiger partial charge on any atom is 0.113 e. The topological polar surface area (TPSA) is 17.0 Å². The molecule has 1 N–H and O–H groups in total. The zero-order valence-electron chi connectivity index (χ0n) is 13.8. The summed E-state index contributed by atoms with van der Waals surface area (Å²) in [4.78, 5) is 0. The van der Waals surface area contributed by atoms with Crippen molar-refractivity contribution in [2.45, 2.75) is 13.5 Å².